The number of pyridine rings is 1. The molecule has 2 aromatic carbocycles. The highest BCUT2D eigenvalue weighted by Crippen LogP contribution is 2.25. The molecule has 0 unspecified atom stereocenters. The first kappa shape index (κ1) is 22.3. The van der Waals surface area contributed by atoms with Crippen LogP contribution in [-0.4, -0.2) is 25.5 Å². The first-order valence-electron chi connectivity index (χ1n) is 9.95. The fourth-order valence-electron chi connectivity index (χ4n) is 3.18. The smallest absolute Gasteiger partial charge is 0.319 e. The molecule has 0 saturated heterocycles. The molecule has 1 aromatic heterocycles. The van der Waals surface area contributed by atoms with E-state index in [1.54, 1.807) is 48.8 Å². The van der Waals surface area contributed by atoms with Gasteiger partial charge in [0.2, 0.25) is 10.0 Å². The molecule has 0 atom stereocenters. The van der Waals surface area contributed by atoms with Crippen LogP contribution in [0.2, 0.25) is 0 Å². The van der Waals surface area contributed by atoms with E-state index in [0.29, 0.717) is 17.9 Å². The second-order valence-corrected chi connectivity index (χ2v) is 9.19. The van der Waals surface area contributed by atoms with Crippen molar-refractivity contribution in [2.45, 2.75) is 32.2 Å². The Hall–Kier alpha value is -3.39. The third kappa shape index (κ3) is 6.29. The normalized spacial score (nSPS) is 11.2. The van der Waals surface area contributed by atoms with Crippen molar-refractivity contribution in [3.8, 4) is 0 Å². The quantitative estimate of drug-likeness (QED) is 0.553. The lowest BCUT2D eigenvalue weighted by Gasteiger charge is -2.28. The van der Waals surface area contributed by atoms with Crippen molar-refractivity contribution >= 4 is 27.4 Å². The second-order valence-electron chi connectivity index (χ2n) is 7.34. The molecule has 162 valence electrons. The third-order valence-electron chi connectivity index (χ3n) is 4.54. The van der Waals surface area contributed by atoms with E-state index in [2.05, 4.69) is 15.6 Å². The summed E-state index contributed by atoms with van der Waals surface area (Å²) in [6.07, 6.45) is 3.33. The van der Waals surface area contributed by atoms with Crippen molar-refractivity contribution in [2.24, 2.45) is 0 Å². The molecule has 3 aromatic rings. The van der Waals surface area contributed by atoms with E-state index in [1.807, 2.05) is 44.2 Å². The molecule has 8 heteroatoms. The highest BCUT2D eigenvalue weighted by Gasteiger charge is 2.25. The summed E-state index contributed by atoms with van der Waals surface area (Å²) in [4.78, 5) is 16.1. The predicted molar refractivity (Wildman–Crippen MR) is 123 cm³/mol. The number of hydrogen-bond acceptors (Lipinski definition) is 4. The highest BCUT2D eigenvalue weighted by atomic mass is 32.2. The minimum absolute atomic E-state index is 0.0799. The molecular weight excluding hydrogens is 412 g/mol. The fourth-order valence-corrected chi connectivity index (χ4v) is 5.02. The molecule has 1 heterocycles. The number of urea groups is 1. The summed E-state index contributed by atoms with van der Waals surface area (Å²) in [5.74, 6) is -0.0799. The lowest BCUT2D eigenvalue weighted by atomic mass is 10.2. The zero-order valence-electron chi connectivity index (χ0n) is 17.5. The number of benzene rings is 2. The van der Waals surface area contributed by atoms with Gasteiger partial charge in [-0.25, -0.2) is 13.2 Å². The van der Waals surface area contributed by atoms with Gasteiger partial charge in [-0.15, -0.1) is 0 Å². The molecule has 0 bridgehead atoms. The molecule has 0 radical (unpaired) electrons. The van der Waals surface area contributed by atoms with Crippen LogP contribution in [0.3, 0.4) is 0 Å². The van der Waals surface area contributed by atoms with Crippen molar-refractivity contribution in [3.63, 3.8) is 0 Å². The van der Waals surface area contributed by atoms with Crippen LogP contribution < -0.4 is 14.9 Å². The van der Waals surface area contributed by atoms with Crippen LogP contribution in [0.25, 0.3) is 0 Å². The predicted octanol–water partition coefficient (Wildman–Crippen LogP) is 4.15. The number of anilines is 2. The zero-order valence-corrected chi connectivity index (χ0v) is 18.3. The Morgan fingerprint density at radius 2 is 1.58 bits per heavy atom. The minimum atomic E-state index is -3.57. The first-order chi connectivity index (χ1) is 14.8. The van der Waals surface area contributed by atoms with Gasteiger partial charge in [0.1, 0.15) is 0 Å². The van der Waals surface area contributed by atoms with Gasteiger partial charge in [0.15, 0.2) is 0 Å². The molecule has 31 heavy (non-hydrogen) atoms. The lowest BCUT2D eigenvalue weighted by Crippen LogP contribution is -2.37. The van der Waals surface area contributed by atoms with Crippen LogP contribution in [0.15, 0.2) is 79.1 Å². The molecule has 2 amide bonds. The highest BCUT2D eigenvalue weighted by molar-refractivity contribution is 7.92. The summed E-state index contributed by atoms with van der Waals surface area (Å²) in [5, 5.41) is 5.52. The van der Waals surface area contributed by atoms with E-state index >= 15 is 0 Å². The van der Waals surface area contributed by atoms with Crippen molar-refractivity contribution in [2.75, 3.05) is 9.62 Å². The van der Waals surface area contributed by atoms with E-state index in [1.165, 1.54) is 4.31 Å². The van der Waals surface area contributed by atoms with Gasteiger partial charge in [-0.3, -0.25) is 9.29 Å². The summed E-state index contributed by atoms with van der Waals surface area (Å²) in [5.41, 5.74) is 2.79. The SMILES string of the molecule is CC(C)N(c1ccc(NC(=O)NCc2ccncc2)cc1)S(=O)(=O)Cc1ccccc1. The molecule has 0 aliphatic rings. The van der Waals surface area contributed by atoms with Crippen LogP contribution in [0.5, 0.6) is 0 Å². The summed E-state index contributed by atoms with van der Waals surface area (Å²) >= 11 is 0. The molecule has 0 aliphatic carbocycles. The number of carbonyl (C=O) groups excluding carboxylic acids is 1. The van der Waals surface area contributed by atoms with Crippen molar-refractivity contribution in [3.05, 3.63) is 90.3 Å². The number of carbonyl (C=O) groups is 1. The Morgan fingerprint density at radius 1 is 0.935 bits per heavy atom. The molecule has 2 N–H and O–H groups in total. The molecule has 0 saturated carbocycles. The summed E-state index contributed by atoms with van der Waals surface area (Å²) in [6, 6.07) is 18.9. The average molecular weight is 439 g/mol. The summed E-state index contributed by atoms with van der Waals surface area (Å²) in [6.45, 7) is 4.05. The summed E-state index contributed by atoms with van der Waals surface area (Å²) in [7, 11) is -3.57. The molecule has 0 fully saturated rings. The Labute approximate surface area is 183 Å². The van der Waals surface area contributed by atoms with Gasteiger partial charge < -0.3 is 10.6 Å². The van der Waals surface area contributed by atoms with E-state index in [4.69, 9.17) is 0 Å². The molecule has 0 aliphatic heterocycles. The number of nitrogens with one attached hydrogen (secondary N) is 2. The molecule has 7 nitrogen and oxygen atoms in total. The third-order valence-corrected chi connectivity index (χ3v) is 6.47. The summed E-state index contributed by atoms with van der Waals surface area (Å²) < 4.78 is 27.5. The number of sulfonamides is 1. The Balaban J connectivity index is 1.67. The van der Waals surface area contributed by atoms with Crippen molar-refractivity contribution in [1.82, 2.24) is 10.3 Å². The molecule has 0 spiro atoms. The van der Waals surface area contributed by atoms with Crippen LogP contribution in [0, 0.1) is 0 Å². The lowest BCUT2D eigenvalue weighted by molar-refractivity contribution is 0.251. The van der Waals surface area contributed by atoms with Crippen molar-refractivity contribution in [1.29, 1.82) is 0 Å². The number of amides is 2. The van der Waals surface area contributed by atoms with Gasteiger partial charge in [-0.1, -0.05) is 30.3 Å². The van der Waals surface area contributed by atoms with Gasteiger partial charge in [0.05, 0.1) is 11.4 Å². The number of rotatable bonds is 8. The van der Waals surface area contributed by atoms with E-state index < -0.39 is 10.0 Å². The maximum absolute atomic E-state index is 13.1. The maximum Gasteiger partial charge on any atom is 0.319 e. The van der Waals surface area contributed by atoms with E-state index in [-0.39, 0.29) is 17.8 Å². The van der Waals surface area contributed by atoms with Gasteiger partial charge in [-0.05, 0) is 61.4 Å². The molecule has 3 rings (SSSR count). The van der Waals surface area contributed by atoms with E-state index in [9.17, 15) is 13.2 Å². The second kappa shape index (κ2) is 10.1. The standard InChI is InChI=1S/C23H26N4O3S/c1-18(2)27(31(29,30)17-20-6-4-3-5-7-20)22-10-8-21(9-11-22)26-23(28)25-16-19-12-14-24-15-13-19/h3-15,18H,16-17H2,1-2H3,(H2,25,26,28). The van der Waals surface area contributed by atoms with Gasteiger partial charge in [0, 0.05) is 30.7 Å². The Kier molecular flexibility index (Phi) is 7.25. The Morgan fingerprint density at radius 3 is 2.19 bits per heavy atom. The van der Waals surface area contributed by atoms with Crippen LogP contribution >= 0.6 is 0 Å². The van der Waals surface area contributed by atoms with Crippen molar-refractivity contribution < 1.29 is 13.2 Å². The van der Waals surface area contributed by atoms with E-state index in [0.717, 1.165) is 11.1 Å². The van der Waals surface area contributed by atoms with Crippen LogP contribution in [0.1, 0.15) is 25.0 Å². The topological polar surface area (TPSA) is 91.4 Å². The average Bonchev–Trinajstić information content (AvgIpc) is 2.74. The minimum Gasteiger partial charge on any atom is -0.334 e. The van der Waals surface area contributed by atoms with Gasteiger partial charge in [0.25, 0.3) is 0 Å². The fraction of sp³-hybridized carbons (Fsp3) is 0.217. The largest absolute Gasteiger partial charge is 0.334 e. The number of aromatic nitrogens is 1. The Bertz CT molecular complexity index is 1090. The first-order valence-corrected chi connectivity index (χ1v) is 11.6. The maximum atomic E-state index is 13.1. The van der Waals surface area contributed by atoms with Gasteiger partial charge >= 0.3 is 6.03 Å². The molecular formula is C23H26N4O3S. The van der Waals surface area contributed by atoms with Gasteiger partial charge in [-0.2, -0.15) is 0 Å². The van der Waals surface area contributed by atoms with Crippen LogP contribution in [0.4, 0.5) is 16.2 Å². The number of nitrogens with zero attached hydrogens (tertiary/aromatic N) is 2. The zero-order chi connectivity index (χ0) is 22.3. The van der Waals surface area contributed by atoms with Crippen LogP contribution in [-0.2, 0) is 22.3 Å². The monoisotopic (exact) mass is 438 g/mol. The number of hydrogen-bond donors (Lipinski definition) is 2.